The van der Waals surface area contributed by atoms with Crippen molar-refractivity contribution in [1.82, 2.24) is 35.5 Å². The Hall–Kier alpha value is -5.88. The first-order valence-corrected chi connectivity index (χ1v) is 27.6. The van der Waals surface area contributed by atoms with Gasteiger partial charge in [0.25, 0.3) is 0 Å². The van der Waals surface area contributed by atoms with Crippen LogP contribution in [0, 0.1) is 11.7 Å². The molecule has 0 spiro atoms. The van der Waals surface area contributed by atoms with Crippen LogP contribution in [0.1, 0.15) is 63.8 Å². The van der Waals surface area contributed by atoms with Crippen molar-refractivity contribution in [2.24, 2.45) is 5.92 Å². The van der Waals surface area contributed by atoms with E-state index in [0.29, 0.717) is 74.5 Å². The predicted molar refractivity (Wildman–Crippen MR) is 277 cm³/mol. The molecule has 2 amide bonds. The summed E-state index contributed by atoms with van der Waals surface area (Å²) >= 11 is 3.56. The van der Waals surface area contributed by atoms with Gasteiger partial charge in [0.05, 0.1) is 33.7 Å². The highest BCUT2D eigenvalue weighted by molar-refractivity contribution is 9.10. The van der Waals surface area contributed by atoms with Gasteiger partial charge in [0.15, 0.2) is 11.4 Å². The lowest BCUT2D eigenvalue weighted by atomic mass is 9.98. The molecule has 3 aliphatic heterocycles. The van der Waals surface area contributed by atoms with Crippen molar-refractivity contribution < 1.29 is 27.7 Å². The third kappa shape index (κ3) is 10.3. The molecule has 0 radical (unpaired) electrons. The molecule has 9 rings (SSSR count). The number of aryl methyl sites for hydroxylation is 2. The van der Waals surface area contributed by atoms with E-state index < -0.39 is 30.7 Å². The fraction of sp³-hybridized carbons (Fsp3) is 0.440. The molecule has 3 fully saturated rings. The molecular weight excluding hydrogens is 980 g/mol. The smallest absolute Gasteiger partial charge is 0.420 e. The van der Waals surface area contributed by atoms with E-state index in [1.807, 2.05) is 32.0 Å². The summed E-state index contributed by atoms with van der Waals surface area (Å²) in [7, 11) is -2.93. The maximum Gasteiger partial charge on any atom is 0.420 e. The molecule has 6 aromatic rings. The largest absolute Gasteiger partial charge is 0.492 e. The number of nitrogens with zero attached hydrogens (tertiary/aromatic N) is 6. The Bertz CT molecular complexity index is 3060. The number of hydrogen-bond donors (Lipinski definition) is 5. The van der Waals surface area contributed by atoms with E-state index in [2.05, 4.69) is 81.3 Å². The molecule has 1 unspecified atom stereocenters. The molecule has 70 heavy (non-hydrogen) atoms. The lowest BCUT2D eigenvalue weighted by Gasteiger charge is -2.41. The minimum Gasteiger partial charge on any atom is -0.492 e. The highest BCUT2D eigenvalue weighted by atomic mass is 79.9. The van der Waals surface area contributed by atoms with Gasteiger partial charge in [-0.05, 0) is 98.1 Å². The maximum atomic E-state index is 15.6. The number of carbonyl (C=O) groups is 2. The van der Waals surface area contributed by atoms with Crippen LogP contribution >= 0.6 is 23.1 Å². The number of ether oxygens (including phenoxy) is 1. The normalized spacial score (nSPS) is 17.0. The van der Waals surface area contributed by atoms with Gasteiger partial charge in [0.2, 0.25) is 17.8 Å². The number of hydrogen-bond acceptors (Lipinski definition) is 15. The molecular formula is C50H60BrFN11O6P. The Kier molecular flexibility index (Phi) is 14.6. The number of para-hydroxylation sites is 1. The summed E-state index contributed by atoms with van der Waals surface area (Å²) in [6.45, 7) is 15.9. The van der Waals surface area contributed by atoms with Gasteiger partial charge in [-0.2, -0.15) is 4.98 Å². The number of oxazole rings is 1. The standard InChI is InChI=1S/C50H60BrFN11O6P/c1-6-30-22-36(58-49-55-26-34(51)47(60-49)57-37-23-35(52)44-33(46(37)70(4,5)67)13-12-31(7-2)56-44)42(68-8-3)24-41(30)61-20-16-32(17-21-61)54-19-18-53-25-29-27-62(28-29)38-10-9-11-39-45(38)69-50(66)63(39)40-14-15-43(64)59-48(40)65/h9-13,22-24,26,29,32,40,53-54H,6-8,14-21,25,27-28H2,1-5H3,(H,59,64,65)(H2,55,57,58,60). The van der Waals surface area contributed by atoms with Crippen molar-refractivity contribution in [2.75, 3.05) is 86.2 Å². The van der Waals surface area contributed by atoms with Gasteiger partial charge in [0.1, 0.15) is 30.3 Å². The number of amides is 2. The summed E-state index contributed by atoms with van der Waals surface area (Å²) in [5.41, 5.74) is 6.20. The average Bonchev–Trinajstić information content (AvgIpc) is 3.66. The number of halogens is 2. The second-order valence-electron chi connectivity index (χ2n) is 18.6. The van der Waals surface area contributed by atoms with Crippen molar-refractivity contribution in [3.8, 4) is 5.75 Å². The molecule has 0 bridgehead atoms. The van der Waals surface area contributed by atoms with Crippen LogP contribution in [-0.2, 0) is 27.0 Å². The quantitative estimate of drug-likeness (QED) is 0.0325. The summed E-state index contributed by atoms with van der Waals surface area (Å²) < 4.78 is 43.2. The first-order chi connectivity index (χ1) is 33.7. The van der Waals surface area contributed by atoms with Gasteiger partial charge in [0, 0.05) is 105 Å². The Morgan fingerprint density at radius 1 is 0.929 bits per heavy atom. The van der Waals surface area contributed by atoms with E-state index in [1.165, 1.54) is 10.6 Å². The number of fused-ring (bicyclic) bond motifs is 2. The van der Waals surface area contributed by atoms with Crippen molar-refractivity contribution in [1.29, 1.82) is 0 Å². The van der Waals surface area contributed by atoms with Crippen molar-refractivity contribution in [3.05, 3.63) is 86.8 Å². The monoisotopic (exact) mass is 1040 g/mol. The van der Waals surface area contributed by atoms with Crippen LogP contribution < -0.4 is 52.2 Å². The number of nitrogens with one attached hydrogen (secondary N) is 5. The zero-order valence-electron chi connectivity index (χ0n) is 40.2. The van der Waals surface area contributed by atoms with E-state index in [-0.39, 0.29) is 24.3 Å². The van der Waals surface area contributed by atoms with Gasteiger partial charge < -0.3 is 44.8 Å². The van der Waals surface area contributed by atoms with Crippen molar-refractivity contribution in [2.45, 2.75) is 71.4 Å². The Labute approximate surface area is 414 Å². The van der Waals surface area contributed by atoms with Gasteiger partial charge in [-0.15, -0.1) is 0 Å². The number of piperidine rings is 2. The zero-order valence-corrected chi connectivity index (χ0v) is 42.6. The predicted octanol–water partition coefficient (Wildman–Crippen LogP) is 7.36. The topological polar surface area (TPSA) is 201 Å². The van der Waals surface area contributed by atoms with Gasteiger partial charge in [-0.1, -0.05) is 26.0 Å². The summed E-state index contributed by atoms with van der Waals surface area (Å²) in [5, 5.41) is 17.4. The number of imide groups is 1. The third-order valence-electron chi connectivity index (χ3n) is 13.4. The second kappa shape index (κ2) is 20.8. The van der Waals surface area contributed by atoms with Crippen LogP contribution in [0.2, 0.25) is 0 Å². The van der Waals surface area contributed by atoms with E-state index >= 15 is 4.39 Å². The van der Waals surface area contributed by atoms with E-state index in [0.717, 1.165) is 93.4 Å². The minimum absolute atomic E-state index is 0.177. The summed E-state index contributed by atoms with van der Waals surface area (Å²) in [6, 6.07) is 14.4. The van der Waals surface area contributed by atoms with Crippen molar-refractivity contribution in [3.63, 3.8) is 0 Å². The maximum absolute atomic E-state index is 15.6. The molecule has 0 saturated carbocycles. The number of pyridine rings is 1. The molecule has 3 aromatic carbocycles. The Balaban J connectivity index is 0.776. The van der Waals surface area contributed by atoms with E-state index in [4.69, 9.17) is 14.1 Å². The van der Waals surface area contributed by atoms with E-state index in [1.54, 1.807) is 31.7 Å². The number of rotatable bonds is 18. The van der Waals surface area contributed by atoms with Crippen LogP contribution in [0.3, 0.4) is 0 Å². The van der Waals surface area contributed by atoms with Crippen LogP contribution in [0.15, 0.2) is 68.4 Å². The first-order valence-electron chi connectivity index (χ1n) is 24.2. The fourth-order valence-corrected chi connectivity index (χ4v) is 11.6. The van der Waals surface area contributed by atoms with Gasteiger partial charge >= 0.3 is 5.76 Å². The Morgan fingerprint density at radius 3 is 2.46 bits per heavy atom. The zero-order chi connectivity index (χ0) is 49.3. The third-order valence-corrected chi connectivity index (χ3v) is 15.5. The molecule has 1 atom stereocenters. The lowest BCUT2D eigenvalue weighted by molar-refractivity contribution is -0.135. The summed E-state index contributed by atoms with van der Waals surface area (Å²) in [4.78, 5) is 55.6. The molecule has 20 heteroatoms. The highest BCUT2D eigenvalue weighted by Gasteiger charge is 2.34. The average molecular weight is 1040 g/mol. The van der Waals surface area contributed by atoms with Crippen LogP contribution in [0.5, 0.6) is 5.75 Å². The second-order valence-corrected chi connectivity index (χ2v) is 22.6. The molecule has 17 nitrogen and oxygen atoms in total. The lowest BCUT2D eigenvalue weighted by Crippen LogP contribution is -2.51. The van der Waals surface area contributed by atoms with Gasteiger partial charge in [-0.3, -0.25) is 19.5 Å². The summed E-state index contributed by atoms with van der Waals surface area (Å²) in [5.74, 6) is -0.115. The molecule has 6 heterocycles. The first kappa shape index (κ1) is 49.1. The van der Waals surface area contributed by atoms with Crippen molar-refractivity contribution >= 4 is 96.7 Å². The SMILES string of the molecule is CCOc1cc(N2CCC(NCCNCC3CN(c4cccc5c4oc(=O)n5C4CCC(=O)NC4=O)C3)CC2)c(CC)cc1Nc1ncc(Br)c(Nc2cc(F)c3nc(CC)ccc3c2P(C)(C)=O)n1. The number of anilines is 6. The Morgan fingerprint density at radius 2 is 1.73 bits per heavy atom. The molecule has 5 N–H and O–H groups in total. The summed E-state index contributed by atoms with van der Waals surface area (Å²) in [6.07, 6.45) is 5.52. The van der Waals surface area contributed by atoms with Gasteiger partial charge in [-0.25, -0.2) is 19.2 Å². The van der Waals surface area contributed by atoms with Crippen LogP contribution in [-0.4, -0.2) is 103 Å². The number of carbonyl (C=O) groups excluding carboxylic acids is 2. The fourth-order valence-electron chi connectivity index (χ4n) is 9.89. The van der Waals surface area contributed by atoms with E-state index in [9.17, 15) is 18.9 Å². The minimum atomic E-state index is -2.93. The molecule has 3 aliphatic rings. The van der Waals surface area contributed by atoms with Crippen LogP contribution in [0.4, 0.5) is 38.9 Å². The van der Waals surface area contributed by atoms with Crippen LogP contribution in [0.25, 0.3) is 22.0 Å². The molecule has 3 saturated heterocycles. The molecule has 0 aliphatic carbocycles. The number of benzene rings is 3. The molecule has 3 aromatic heterocycles. The number of aromatic nitrogens is 4. The molecule has 370 valence electrons. The highest BCUT2D eigenvalue weighted by Crippen LogP contribution is 2.43.